The van der Waals surface area contributed by atoms with Crippen molar-refractivity contribution in [1.82, 2.24) is 102 Å². The number of methoxy groups -OCH3 is 2. The van der Waals surface area contributed by atoms with E-state index in [-0.39, 0.29) is 23.6 Å². The molecule has 120 heavy (non-hydrogen) atoms. The third-order valence-electron chi connectivity index (χ3n) is 21.6. The largest absolute Gasteiger partial charge is 0.497 e. The monoisotopic (exact) mass is 1610 g/mol. The van der Waals surface area contributed by atoms with Crippen molar-refractivity contribution in [2.75, 3.05) is 39.2 Å². The molecule has 1 saturated carbocycles. The number of aromatic amines is 8. The summed E-state index contributed by atoms with van der Waals surface area (Å²) in [5.74, 6) is 1.45. The van der Waals surface area contributed by atoms with Gasteiger partial charge in [-0.2, -0.15) is 20.4 Å². The van der Waals surface area contributed by atoms with Gasteiger partial charge in [0.25, 0.3) is 23.6 Å². The van der Waals surface area contributed by atoms with Gasteiger partial charge in [0.05, 0.1) is 51.2 Å². The quantitative estimate of drug-likeness (QED) is 0.0337. The molecule has 28 heteroatoms. The van der Waals surface area contributed by atoms with Gasteiger partial charge in [0, 0.05) is 216 Å². The fourth-order valence-corrected chi connectivity index (χ4v) is 15.6. The van der Waals surface area contributed by atoms with Gasteiger partial charge in [0.2, 0.25) is 0 Å². The molecule has 12 N–H and O–H groups in total. The molecule has 0 radical (unpaired) electrons. The molecule has 27 nitrogen and oxygen atoms in total. The summed E-state index contributed by atoms with van der Waals surface area (Å²) < 4.78 is 10.6. The van der Waals surface area contributed by atoms with E-state index < -0.39 is 0 Å². The van der Waals surface area contributed by atoms with E-state index >= 15 is 0 Å². The van der Waals surface area contributed by atoms with E-state index in [2.05, 4.69) is 126 Å². The van der Waals surface area contributed by atoms with Gasteiger partial charge in [0.15, 0.2) is 0 Å². The zero-order valence-electron chi connectivity index (χ0n) is 65.5. The van der Waals surface area contributed by atoms with Gasteiger partial charge in [0.1, 0.15) is 34.1 Å². The molecule has 1 saturated heterocycles. The van der Waals surface area contributed by atoms with Crippen LogP contribution in [0, 0.1) is 5.92 Å². The highest BCUT2D eigenvalue weighted by atomic mass is 32.1. The molecule has 13 aromatic heterocycles. The molecule has 18 aromatic rings. The molecule has 14 heterocycles. The van der Waals surface area contributed by atoms with Crippen LogP contribution in [-0.4, -0.2) is 143 Å². The smallest absolute Gasteiger partial charge is 0.265 e. The predicted octanol–water partition coefficient (Wildman–Crippen LogP) is 17.8. The fraction of sp³-hybridized carbons (Fsp3) is 0.152. The predicted molar refractivity (Wildman–Crippen MR) is 467 cm³/mol. The van der Waals surface area contributed by atoms with Gasteiger partial charge in [-0.05, 0) is 150 Å². The topological polar surface area (TPSA) is 368 Å². The molecule has 0 atom stereocenters. The second kappa shape index (κ2) is 35.9. The summed E-state index contributed by atoms with van der Waals surface area (Å²) >= 11 is 1.63. The first kappa shape index (κ1) is 77.4. The van der Waals surface area contributed by atoms with E-state index in [0.29, 0.717) is 51.9 Å². The second-order valence-electron chi connectivity index (χ2n) is 29.2. The van der Waals surface area contributed by atoms with Crippen LogP contribution in [0.5, 0.6) is 11.5 Å². The van der Waals surface area contributed by atoms with Gasteiger partial charge in [-0.25, -0.2) is 24.9 Å². The summed E-state index contributed by atoms with van der Waals surface area (Å²) in [6.07, 6.45) is 38.4. The lowest BCUT2D eigenvalue weighted by molar-refractivity contribution is 0.0824. The molecule has 4 amide bonds. The number of H-pyrrole nitrogens is 8. The Balaban J connectivity index is 0.000000114. The molecule has 5 aromatic carbocycles. The number of nitrogens with one attached hydrogen (secondary N) is 12. The van der Waals surface area contributed by atoms with Crippen molar-refractivity contribution in [3.05, 3.63) is 283 Å². The number of fused-ring (bicyclic) bond motifs is 4. The highest BCUT2D eigenvalue weighted by Crippen LogP contribution is 2.37. The second-order valence-corrected chi connectivity index (χ2v) is 30.2. The van der Waals surface area contributed by atoms with Crippen LogP contribution in [0.1, 0.15) is 91.3 Å². The average molecular weight is 1610 g/mol. The number of amides is 4. The number of nitrogens with zero attached hydrogens (tertiary/aromatic N) is 9. The molecule has 1 aliphatic heterocycles. The number of hydrogen-bond acceptors (Lipinski definition) is 16. The maximum absolute atomic E-state index is 12.8. The summed E-state index contributed by atoms with van der Waals surface area (Å²) in [5.41, 5.74) is 25.6. The van der Waals surface area contributed by atoms with Crippen LogP contribution in [0.25, 0.3) is 133 Å². The fourth-order valence-electron chi connectivity index (χ4n) is 15.0. The normalized spacial score (nSPS) is 12.8. The first-order chi connectivity index (χ1) is 59.0. The molecule has 598 valence electrons. The minimum atomic E-state index is -0.230. The average Bonchev–Trinajstić information content (AvgIpc) is 1.65. The molecular formula is C92H83N21O6S. The Morgan fingerprint density at radius 3 is 1.16 bits per heavy atom. The lowest BCUT2D eigenvalue weighted by Crippen LogP contribution is -2.39. The number of aromatic nitrogens is 16. The standard InChI is InChI=1S/C25H21N5O3.C24H25N5O.C22H17N5OS.C21H20N6O/c1-32-19-7-8-22(23(10-19)33-2)30-25(31)16-5-3-15(4-6-16)17-9-20-21(18-12-28-29-13-18)14-27-24(20)26-11-17;30-24(27-11-16-4-2-1-3-5-16)18-8-6-17(7-9-18)19-10-21-22(20-13-28-29-14-20)15-26-23(21)25-12-19;28-22(25-12-18-2-1-7-29-18)15-5-3-14(4-6-15)16-8-19-20(17-10-26-27-11-17)13-24-21(19)23-9-16;28-21(26-27-7-1-2-8-27)15-5-3-14(4-6-15)16-9-18-19(17-11-24-25-12-17)13-23-20(18)22-10-16/h3-14H,1-2H3,(H,26,27)(H,28,29)(H,30,31);6-10,12-16H,1-5,11H2,(H,25,26)(H,27,30)(H,28,29);1-11,13H,12H2,(H,23,24)(H,25,28)(H,26,27);3-6,9-13H,1-2,7-8H2,(H,22,23)(H,24,25)(H,26,28). The van der Waals surface area contributed by atoms with E-state index in [1.165, 1.54) is 32.1 Å². The van der Waals surface area contributed by atoms with Crippen molar-refractivity contribution in [3.8, 4) is 101 Å². The summed E-state index contributed by atoms with van der Waals surface area (Å²) in [6.45, 7) is 3.17. The lowest BCUT2D eigenvalue weighted by Gasteiger charge is -2.21. The van der Waals surface area contributed by atoms with E-state index in [1.54, 1.807) is 80.7 Å². The number of hydrogen-bond donors (Lipinski definition) is 12. The van der Waals surface area contributed by atoms with Crippen molar-refractivity contribution in [1.29, 1.82) is 0 Å². The Kier molecular flexibility index (Phi) is 23.2. The first-order valence-corrected chi connectivity index (χ1v) is 40.3. The van der Waals surface area contributed by atoms with Crippen LogP contribution >= 0.6 is 11.3 Å². The van der Waals surface area contributed by atoms with Crippen molar-refractivity contribution in [2.24, 2.45) is 5.92 Å². The first-order valence-electron chi connectivity index (χ1n) is 39.4. The summed E-state index contributed by atoms with van der Waals surface area (Å²) in [7, 11) is 3.13. The maximum Gasteiger partial charge on any atom is 0.265 e. The Bertz CT molecular complexity index is 6500. The van der Waals surface area contributed by atoms with Gasteiger partial charge < -0.3 is 45.4 Å². The zero-order chi connectivity index (χ0) is 81.7. The van der Waals surface area contributed by atoms with Gasteiger partial charge in [-0.3, -0.25) is 45.0 Å². The van der Waals surface area contributed by atoms with Crippen molar-refractivity contribution >= 4 is 84.8 Å². The van der Waals surface area contributed by atoms with Crippen LogP contribution in [0.15, 0.2) is 256 Å². The summed E-state index contributed by atoms with van der Waals surface area (Å²) in [6, 6.07) is 48.1. The number of carbonyl (C=O) groups excluding carboxylic acids is 4. The Morgan fingerprint density at radius 2 is 0.792 bits per heavy atom. The lowest BCUT2D eigenvalue weighted by atomic mass is 9.89. The molecule has 0 bridgehead atoms. The molecule has 20 rings (SSSR count). The number of pyridine rings is 4. The number of benzene rings is 5. The number of carbonyl (C=O) groups is 4. The number of ether oxygens (including phenoxy) is 2. The van der Waals surface area contributed by atoms with Gasteiger partial charge in [-0.1, -0.05) is 73.9 Å². The van der Waals surface area contributed by atoms with E-state index in [9.17, 15) is 19.2 Å². The third kappa shape index (κ3) is 17.6. The van der Waals surface area contributed by atoms with E-state index in [4.69, 9.17) is 9.47 Å². The number of hydrazine groups is 1. The zero-order valence-corrected chi connectivity index (χ0v) is 66.3. The van der Waals surface area contributed by atoms with Gasteiger partial charge >= 0.3 is 0 Å². The number of rotatable bonds is 20. The van der Waals surface area contributed by atoms with E-state index in [1.807, 2.05) is 182 Å². The van der Waals surface area contributed by atoms with Crippen molar-refractivity contribution in [3.63, 3.8) is 0 Å². The molecular weight excluding hydrogens is 1530 g/mol. The highest BCUT2D eigenvalue weighted by molar-refractivity contribution is 7.09. The Labute approximate surface area is 691 Å². The Morgan fingerprint density at radius 1 is 0.400 bits per heavy atom. The minimum Gasteiger partial charge on any atom is -0.497 e. The van der Waals surface area contributed by atoms with Crippen LogP contribution in [0.2, 0.25) is 0 Å². The molecule has 0 unspecified atom stereocenters. The van der Waals surface area contributed by atoms with Crippen LogP contribution in [0.3, 0.4) is 0 Å². The van der Waals surface area contributed by atoms with Crippen molar-refractivity contribution in [2.45, 2.75) is 51.5 Å². The van der Waals surface area contributed by atoms with E-state index in [0.717, 1.165) is 171 Å². The molecule has 1 aliphatic carbocycles. The molecule has 2 fully saturated rings. The number of anilines is 1. The van der Waals surface area contributed by atoms with Crippen LogP contribution in [0.4, 0.5) is 5.69 Å². The SMILES string of the molecule is COc1ccc(NC(=O)c2ccc(-c3cnc4[nH]cc(-c5cn[nH]c5)c4c3)cc2)c(OC)c1.O=C(NCC1CCCCC1)c1ccc(-c2cnc3[nH]cc(-c4cn[nH]c4)c3c2)cc1.O=C(NCc1cccs1)c1ccc(-c2cnc3[nH]cc(-c4cn[nH]c4)c3c2)cc1.O=C(NN1CCCC1)c1ccc(-c2cnc3[nH]cc(-c4cn[nH]c4)c3c2)cc1. The maximum atomic E-state index is 12.8. The highest BCUT2D eigenvalue weighted by Gasteiger charge is 2.21. The summed E-state index contributed by atoms with van der Waals surface area (Å²) in [4.78, 5) is 82.2. The Hall–Kier alpha value is -15.2. The van der Waals surface area contributed by atoms with Crippen LogP contribution in [-0.2, 0) is 6.54 Å². The van der Waals surface area contributed by atoms with Crippen molar-refractivity contribution < 1.29 is 28.7 Å². The molecule has 0 spiro atoms. The number of thiophene rings is 1. The third-order valence-corrected chi connectivity index (χ3v) is 22.5. The van der Waals surface area contributed by atoms with Gasteiger partial charge in [-0.15, -0.1) is 11.3 Å². The molecule has 2 aliphatic rings. The minimum absolute atomic E-state index is 0.00794. The van der Waals surface area contributed by atoms with Crippen LogP contribution < -0.4 is 30.8 Å². The summed E-state index contributed by atoms with van der Waals surface area (Å²) in [5, 5.41) is 44.6.